The molecule has 2 nitrogen and oxygen atoms in total. The van der Waals surface area contributed by atoms with Gasteiger partial charge in [0.1, 0.15) is 11.5 Å². The zero-order chi connectivity index (χ0) is 15.8. The molecular formula is C18H26O2Si. The molecule has 0 atom stereocenters. The van der Waals surface area contributed by atoms with Crippen LogP contribution in [0.15, 0.2) is 30.3 Å². The standard InChI is InChI=1S/C18H26O2Si/c1-13-8-9-16-14(10-13)11-15(19-5)12-17(16)20-21(6,7)18(2,3)4/h8-12H,1-7H3. The fourth-order valence-electron chi connectivity index (χ4n) is 2.06. The third-order valence-electron chi connectivity index (χ3n) is 4.45. The first-order valence-electron chi connectivity index (χ1n) is 7.41. The third kappa shape index (κ3) is 3.23. The molecule has 0 radical (unpaired) electrons. The summed E-state index contributed by atoms with van der Waals surface area (Å²) in [4.78, 5) is 0. The number of hydrogen-bond donors (Lipinski definition) is 0. The normalized spacial score (nSPS) is 12.5. The van der Waals surface area contributed by atoms with Gasteiger partial charge in [0.15, 0.2) is 0 Å². The largest absolute Gasteiger partial charge is 0.543 e. The van der Waals surface area contributed by atoms with E-state index in [-0.39, 0.29) is 5.04 Å². The zero-order valence-corrected chi connectivity index (χ0v) is 15.2. The molecule has 0 saturated carbocycles. The van der Waals surface area contributed by atoms with Crippen molar-refractivity contribution in [1.29, 1.82) is 0 Å². The van der Waals surface area contributed by atoms with E-state index in [0.717, 1.165) is 16.9 Å². The van der Waals surface area contributed by atoms with E-state index in [1.54, 1.807) is 7.11 Å². The van der Waals surface area contributed by atoms with Gasteiger partial charge in [-0.2, -0.15) is 0 Å². The SMILES string of the molecule is COc1cc(O[Si](C)(C)C(C)(C)C)c2ccc(C)cc2c1. The molecule has 0 aliphatic carbocycles. The molecule has 0 saturated heterocycles. The van der Waals surface area contributed by atoms with Gasteiger partial charge < -0.3 is 9.16 Å². The van der Waals surface area contributed by atoms with E-state index in [1.165, 1.54) is 10.9 Å². The van der Waals surface area contributed by atoms with E-state index in [4.69, 9.17) is 9.16 Å². The van der Waals surface area contributed by atoms with Crippen molar-refractivity contribution in [2.75, 3.05) is 7.11 Å². The summed E-state index contributed by atoms with van der Waals surface area (Å²) in [6, 6.07) is 10.5. The first-order valence-corrected chi connectivity index (χ1v) is 10.3. The summed E-state index contributed by atoms with van der Waals surface area (Å²) in [6.45, 7) is 13.4. The summed E-state index contributed by atoms with van der Waals surface area (Å²) in [6.07, 6.45) is 0. The van der Waals surface area contributed by atoms with Gasteiger partial charge in [-0.1, -0.05) is 44.5 Å². The number of fused-ring (bicyclic) bond motifs is 1. The van der Waals surface area contributed by atoms with E-state index in [2.05, 4.69) is 65.1 Å². The second kappa shape index (κ2) is 5.37. The first-order chi connectivity index (χ1) is 9.64. The summed E-state index contributed by atoms with van der Waals surface area (Å²) in [5.74, 6) is 1.79. The Hall–Kier alpha value is -1.48. The number of aryl methyl sites for hydroxylation is 1. The van der Waals surface area contributed by atoms with Gasteiger partial charge in [-0.3, -0.25) is 0 Å². The number of benzene rings is 2. The smallest absolute Gasteiger partial charge is 0.250 e. The second-order valence-electron chi connectivity index (χ2n) is 7.21. The summed E-state index contributed by atoms with van der Waals surface area (Å²) in [5, 5.41) is 2.50. The summed E-state index contributed by atoms with van der Waals surface area (Å²) < 4.78 is 12.0. The van der Waals surface area contributed by atoms with Crippen molar-refractivity contribution in [3.05, 3.63) is 35.9 Å². The Kier molecular flexibility index (Phi) is 4.07. The van der Waals surface area contributed by atoms with E-state index in [1.807, 2.05) is 6.07 Å². The Morgan fingerprint density at radius 1 is 1.00 bits per heavy atom. The van der Waals surface area contributed by atoms with Gasteiger partial charge in [0.25, 0.3) is 8.32 Å². The minimum absolute atomic E-state index is 0.174. The Balaban J connectivity index is 2.57. The number of ether oxygens (including phenoxy) is 1. The Labute approximate surface area is 129 Å². The molecule has 2 rings (SSSR count). The maximum atomic E-state index is 6.52. The molecule has 2 aromatic rings. The number of rotatable bonds is 3. The number of methoxy groups -OCH3 is 1. The van der Waals surface area contributed by atoms with E-state index < -0.39 is 8.32 Å². The molecular weight excluding hydrogens is 276 g/mol. The van der Waals surface area contributed by atoms with Gasteiger partial charge in [0, 0.05) is 11.5 Å². The topological polar surface area (TPSA) is 18.5 Å². The molecule has 0 spiro atoms. The van der Waals surface area contributed by atoms with Gasteiger partial charge in [-0.25, -0.2) is 0 Å². The van der Waals surface area contributed by atoms with Crippen LogP contribution >= 0.6 is 0 Å². The predicted molar refractivity (Wildman–Crippen MR) is 93.1 cm³/mol. The van der Waals surface area contributed by atoms with Crippen molar-refractivity contribution >= 4 is 19.1 Å². The van der Waals surface area contributed by atoms with Crippen LogP contribution in [0.2, 0.25) is 18.1 Å². The van der Waals surface area contributed by atoms with Crippen molar-refractivity contribution < 1.29 is 9.16 Å². The lowest BCUT2D eigenvalue weighted by Crippen LogP contribution is -2.43. The van der Waals surface area contributed by atoms with Crippen LogP contribution in [0, 0.1) is 6.92 Å². The molecule has 3 heteroatoms. The predicted octanol–water partition coefficient (Wildman–Crippen LogP) is 5.54. The Morgan fingerprint density at radius 3 is 2.24 bits per heavy atom. The fraction of sp³-hybridized carbons (Fsp3) is 0.444. The van der Waals surface area contributed by atoms with Crippen LogP contribution in [0.1, 0.15) is 26.3 Å². The van der Waals surface area contributed by atoms with E-state index >= 15 is 0 Å². The molecule has 0 bridgehead atoms. The fourth-order valence-corrected chi connectivity index (χ4v) is 3.08. The molecule has 0 amide bonds. The lowest BCUT2D eigenvalue weighted by Gasteiger charge is -2.36. The highest BCUT2D eigenvalue weighted by Gasteiger charge is 2.39. The van der Waals surface area contributed by atoms with Crippen LogP contribution in [0.4, 0.5) is 0 Å². The maximum Gasteiger partial charge on any atom is 0.250 e. The summed E-state index contributed by atoms with van der Waals surface area (Å²) in [7, 11) is -0.166. The molecule has 0 unspecified atom stereocenters. The first kappa shape index (κ1) is 15.9. The van der Waals surface area contributed by atoms with Crippen molar-refractivity contribution in [2.45, 2.75) is 45.8 Å². The highest BCUT2D eigenvalue weighted by molar-refractivity contribution is 6.74. The van der Waals surface area contributed by atoms with Gasteiger partial charge in [0.2, 0.25) is 0 Å². The average Bonchev–Trinajstić information content (AvgIpc) is 2.36. The number of hydrogen-bond acceptors (Lipinski definition) is 2. The average molecular weight is 302 g/mol. The van der Waals surface area contributed by atoms with Crippen LogP contribution in [-0.4, -0.2) is 15.4 Å². The van der Waals surface area contributed by atoms with Gasteiger partial charge in [0.05, 0.1) is 7.11 Å². The minimum Gasteiger partial charge on any atom is -0.543 e. The molecule has 0 fully saturated rings. The molecule has 0 aliphatic heterocycles. The summed E-state index contributed by atoms with van der Waals surface area (Å²) in [5.41, 5.74) is 1.24. The molecule has 0 heterocycles. The van der Waals surface area contributed by atoms with Gasteiger partial charge in [-0.05, 0) is 36.5 Å². The van der Waals surface area contributed by atoms with Crippen molar-refractivity contribution in [3.8, 4) is 11.5 Å². The molecule has 2 aromatic carbocycles. The van der Waals surface area contributed by atoms with E-state index in [9.17, 15) is 0 Å². The van der Waals surface area contributed by atoms with E-state index in [0.29, 0.717) is 0 Å². The lowest BCUT2D eigenvalue weighted by atomic mass is 10.1. The highest BCUT2D eigenvalue weighted by Crippen LogP contribution is 2.40. The van der Waals surface area contributed by atoms with Crippen LogP contribution < -0.4 is 9.16 Å². The Bertz CT molecular complexity index is 654. The molecule has 0 aromatic heterocycles. The summed E-state index contributed by atoms with van der Waals surface area (Å²) >= 11 is 0. The van der Waals surface area contributed by atoms with Crippen LogP contribution in [0.25, 0.3) is 10.8 Å². The quantitative estimate of drug-likeness (QED) is 0.693. The second-order valence-corrected chi connectivity index (χ2v) is 11.9. The molecule has 0 N–H and O–H groups in total. The zero-order valence-electron chi connectivity index (χ0n) is 14.2. The van der Waals surface area contributed by atoms with Crippen LogP contribution in [0.3, 0.4) is 0 Å². The minimum atomic E-state index is -1.87. The van der Waals surface area contributed by atoms with Gasteiger partial charge >= 0.3 is 0 Å². The van der Waals surface area contributed by atoms with Crippen LogP contribution in [-0.2, 0) is 0 Å². The molecule has 21 heavy (non-hydrogen) atoms. The lowest BCUT2D eigenvalue weighted by molar-refractivity contribution is 0.412. The maximum absolute atomic E-state index is 6.52. The molecule has 0 aliphatic rings. The van der Waals surface area contributed by atoms with Gasteiger partial charge in [-0.15, -0.1) is 0 Å². The van der Waals surface area contributed by atoms with Crippen LogP contribution in [0.5, 0.6) is 11.5 Å². The van der Waals surface area contributed by atoms with Crippen molar-refractivity contribution in [3.63, 3.8) is 0 Å². The van der Waals surface area contributed by atoms with Crippen molar-refractivity contribution in [1.82, 2.24) is 0 Å². The monoisotopic (exact) mass is 302 g/mol. The molecule has 114 valence electrons. The third-order valence-corrected chi connectivity index (χ3v) is 8.79. The highest BCUT2D eigenvalue weighted by atomic mass is 28.4. The Morgan fingerprint density at radius 2 is 1.67 bits per heavy atom. The van der Waals surface area contributed by atoms with Crippen molar-refractivity contribution in [2.24, 2.45) is 0 Å².